The van der Waals surface area contributed by atoms with E-state index in [0.717, 1.165) is 32.6 Å². The third-order valence-electron chi connectivity index (χ3n) is 4.77. The number of hydrogen-bond acceptors (Lipinski definition) is 4. The van der Waals surface area contributed by atoms with Gasteiger partial charge < -0.3 is 14.1 Å². The van der Waals surface area contributed by atoms with E-state index in [9.17, 15) is 4.79 Å². The fourth-order valence-corrected chi connectivity index (χ4v) is 3.58. The van der Waals surface area contributed by atoms with Gasteiger partial charge in [-0.2, -0.15) is 0 Å². The van der Waals surface area contributed by atoms with Crippen molar-refractivity contribution in [1.82, 2.24) is 9.80 Å². The summed E-state index contributed by atoms with van der Waals surface area (Å²) >= 11 is 0. The molecule has 1 aromatic rings. The van der Waals surface area contributed by atoms with Gasteiger partial charge in [-0.3, -0.25) is 9.69 Å². The summed E-state index contributed by atoms with van der Waals surface area (Å²) in [6, 6.07) is 4.01. The van der Waals surface area contributed by atoms with Crippen LogP contribution in [0.15, 0.2) is 22.8 Å². The fourth-order valence-electron chi connectivity index (χ4n) is 3.58. The average molecular weight is 292 g/mol. The van der Waals surface area contributed by atoms with E-state index in [0.29, 0.717) is 17.9 Å². The largest absolute Gasteiger partial charge is 0.459 e. The van der Waals surface area contributed by atoms with Crippen LogP contribution in [0.2, 0.25) is 0 Å². The standard InChI is InChI=1S/C16H24N2O3/c1-20-14-6-3-2-5-13(14)17-8-10-18(11-9-17)16(19)15-7-4-12-21-15/h4,7,12-14H,2-3,5-6,8-11H2,1H3/t13-,14+/m0/s1. The maximum atomic E-state index is 12.3. The highest BCUT2D eigenvalue weighted by Crippen LogP contribution is 2.26. The molecule has 1 aliphatic carbocycles. The van der Waals surface area contributed by atoms with Crippen LogP contribution in [0, 0.1) is 0 Å². The van der Waals surface area contributed by atoms with Gasteiger partial charge in [0.05, 0.1) is 12.4 Å². The third kappa shape index (κ3) is 3.14. The molecule has 1 saturated heterocycles. The first-order valence-corrected chi connectivity index (χ1v) is 7.89. The van der Waals surface area contributed by atoms with Crippen molar-refractivity contribution >= 4 is 5.91 Å². The fraction of sp³-hybridized carbons (Fsp3) is 0.688. The normalized spacial score (nSPS) is 27.8. The van der Waals surface area contributed by atoms with Crippen molar-refractivity contribution in [1.29, 1.82) is 0 Å². The molecule has 2 heterocycles. The molecule has 116 valence electrons. The zero-order valence-electron chi connectivity index (χ0n) is 12.7. The van der Waals surface area contributed by atoms with E-state index in [1.54, 1.807) is 18.4 Å². The van der Waals surface area contributed by atoms with E-state index >= 15 is 0 Å². The molecule has 2 atom stereocenters. The molecule has 5 nitrogen and oxygen atoms in total. The Morgan fingerprint density at radius 3 is 2.67 bits per heavy atom. The quantitative estimate of drug-likeness (QED) is 0.855. The number of ether oxygens (including phenoxy) is 1. The lowest BCUT2D eigenvalue weighted by Crippen LogP contribution is -2.55. The summed E-state index contributed by atoms with van der Waals surface area (Å²) in [6.07, 6.45) is 6.83. The third-order valence-corrected chi connectivity index (χ3v) is 4.77. The summed E-state index contributed by atoms with van der Waals surface area (Å²) in [7, 11) is 1.82. The van der Waals surface area contributed by atoms with Gasteiger partial charge in [0, 0.05) is 39.3 Å². The van der Waals surface area contributed by atoms with Gasteiger partial charge >= 0.3 is 0 Å². The second kappa shape index (κ2) is 6.62. The number of amides is 1. The molecule has 0 aromatic carbocycles. The second-order valence-corrected chi connectivity index (χ2v) is 5.93. The topological polar surface area (TPSA) is 45.9 Å². The number of hydrogen-bond donors (Lipinski definition) is 0. The summed E-state index contributed by atoms with van der Waals surface area (Å²) in [4.78, 5) is 16.6. The van der Waals surface area contributed by atoms with Crippen molar-refractivity contribution in [2.45, 2.75) is 37.8 Å². The molecule has 0 unspecified atom stereocenters. The van der Waals surface area contributed by atoms with E-state index in [1.807, 2.05) is 12.0 Å². The first-order chi connectivity index (χ1) is 10.3. The lowest BCUT2D eigenvalue weighted by molar-refractivity contribution is -0.0252. The van der Waals surface area contributed by atoms with Crippen LogP contribution in [0.4, 0.5) is 0 Å². The first kappa shape index (κ1) is 14.6. The number of methoxy groups -OCH3 is 1. The Hall–Kier alpha value is -1.33. The van der Waals surface area contributed by atoms with Gasteiger partial charge in [-0.15, -0.1) is 0 Å². The Bertz CT molecular complexity index is 452. The number of furan rings is 1. The molecular weight excluding hydrogens is 268 g/mol. The van der Waals surface area contributed by atoms with Crippen molar-refractivity contribution in [2.75, 3.05) is 33.3 Å². The lowest BCUT2D eigenvalue weighted by Gasteiger charge is -2.43. The lowest BCUT2D eigenvalue weighted by atomic mass is 9.91. The van der Waals surface area contributed by atoms with Crippen molar-refractivity contribution in [3.8, 4) is 0 Å². The van der Waals surface area contributed by atoms with E-state index in [4.69, 9.17) is 9.15 Å². The van der Waals surface area contributed by atoms with Crippen LogP contribution in [0.25, 0.3) is 0 Å². The molecule has 1 aliphatic heterocycles. The van der Waals surface area contributed by atoms with Crippen LogP contribution in [-0.4, -0.2) is 61.1 Å². The number of piperazine rings is 1. The van der Waals surface area contributed by atoms with Crippen molar-refractivity contribution in [3.63, 3.8) is 0 Å². The number of nitrogens with zero attached hydrogens (tertiary/aromatic N) is 2. The molecule has 0 radical (unpaired) electrons. The summed E-state index contributed by atoms with van der Waals surface area (Å²) in [6.45, 7) is 3.40. The van der Waals surface area contributed by atoms with E-state index < -0.39 is 0 Å². The predicted molar refractivity (Wildman–Crippen MR) is 79.2 cm³/mol. The molecular formula is C16H24N2O3. The molecule has 2 fully saturated rings. The van der Waals surface area contributed by atoms with Gasteiger partial charge in [-0.25, -0.2) is 0 Å². The molecule has 1 saturated carbocycles. The number of carbonyl (C=O) groups is 1. The maximum Gasteiger partial charge on any atom is 0.289 e. The monoisotopic (exact) mass is 292 g/mol. The van der Waals surface area contributed by atoms with Gasteiger partial charge in [0.2, 0.25) is 0 Å². The maximum absolute atomic E-state index is 12.3. The Morgan fingerprint density at radius 1 is 1.24 bits per heavy atom. The van der Waals surface area contributed by atoms with Crippen LogP contribution in [-0.2, 0) is 4.74 Å². The highest BCUT2D eigenvalue weighted by Gasteiger charge is 2.33. The second-order valence-electron chi connectivity index (χ2n) is 5.93. The molecule has 21 heavy (non-hydrogen) atoms. The van der Waals surface area contributed by atoms with E-state index in [1.165, 1.54) is 19.3 Å². The Balaban J connectivity index is 1.56. The highest BCUT2D eigenvalue weighted by atomic mass is 16.5. The Morgan fingerprint density at radius 2 is 2.00 bits per heavy atom. The van der Waals surface area contributed by atoms with Gasteiger partial charge in [-0.1, -0.05) is 12.8 Å². The summed E-state index contributed by atoms with van der Waals surface area (Å²) in [5.41, 5.74) is 0. The smallest absolute Gasteiger partial charge is 0.289 e. The molecule has 3 rings (SSSR count). The molecule has 2 aliphatic rings. The molecule has 0 spiro atoms. The predicted octanol–water partition coefficient (Wildman–Crippen LogP) is 1.99. The van der Waals surface area contributed by atoms with E-state index in [2.05, 4.69) is 4.90 Å². The van der Waals surface area contributed by atoms with Crippen LogP contribution in [0.1, 0.15) is 36.2 Å². The Labute approximate surface area is 125 Å². The van der Waals surface area contributed by atoms with Crippen molar-refractivity contribution < 1.29 is 13.9 Å². The highest BCUT2D eigenvalue weighted by molar-refractivity contribution is 5.91. The van der Waals surface area contributed by atoms with Gasteiger partial charge in [0.25, 0.3) is 5.91 Å². The first-order valence-electron chi connectivity index (χ1n) is 7.89. The summed E-state index contributed by atoms with van der Waals surface area (Å²) < 4.78 is 10.9. The number of rotatable bonds is 3. The van der Waals surface area contributed by atoms with Crippen LogP contribution in [0.5, 0.6) is 0 Å². The molecule has 1 amide bonds. The van der Waals surface area contributed by atoms with Crippen molar-refractivity contribution in [3.05, 3.63) is 24.2 Å². The van der Waals surface area contributed by atoms with Crippen LogP contribution < -0.4 is 0 Å². The minimum absolute atomic E-state index is 0.00610. The molecule has 0 N–H and O–H groups in total. The average Bonchev–Trinajstić information content (AvgIpc) is 3.09. The van der Waals surface area contributed by atoms with Crippen molar-refractivity contribution in [2.24, 2.45) is 0 Å². The SMILES string of the molecule is CO[C@@H]1CCCC[C@@H]1N1CCN(C(=O)c2ccco2)CC1. The molecule has 0 bridgehead atoms. The zero-order chi connectivity index (χ0) is 14.7. The molecule has 1 aromatic heterocycles. The van der Waals surface area contributed by atoms with Gasteiger partial charge in [-0.05, 0) is 25.0 Å². The minimum Gasteiger partial charge on any atom is -0.459 e. The van der Waals surface area contributed by atoms with Gasteiger partial charge in [0.1, 0.15) is 0 Å². The van der Waals surface area contributed by atoms with Crippen LogP contribution in [0.3, 0.4) is 0 Å². The van der Waals surface area contributed by atoms with Crippen LogP contribution >= 0.6 is 0 Å². The molecule has 5 heteroatoms. The number of carbonyl (C=O) groups excluding carboxylic acids is 1. The Kier molecular flexibility index (Phi) is 4.60. The van der Waals surface area contributed by atoms with E-state index in [-0.39, 0.29) is 5.91 Å². The van der Waals surface area contributed by atoms with Gasteiger partial charge in [0.15, 0.2) is 5.76 Å². The zero-order valence-corrected chi connectivity index (χ0v) is 12.7. The minimum atomic E-state index is 0.00610. The summed E-state index contributed by atoms with van der Waals surface area (Å²) in [5, 5.41) is 0. The summed E-state index contributed by atoms with van der Waals surface area (Å²) in [5.74, 6) is 0.447.